The Kier molecular flexibility index (Phi) is 5.13. The van der Waals surface area contributed by atoms with E-state index in [-0.39, 0.29) is 6.04 Å². The van der Waals surface area contributed by atoms with E-state index in [4.69, 9.17) is 10.5 Å². The maximum atomic E-state index is 6.26. The molecule has 0 amide bonds. The lowest BCUT2D eigenvalue weighted by Gasteiger charge is -2.14. The summed E-state index contributed by atoms with van der Waals surface area (Å²) in [6.45, 7) is 4.74. The summed E-state index contributed by atoms with van der Waals surface area (Å²) in [5.74, 6) is 0.788. The van der Waals surface area contributed by atoms with Gasteiger partial charge in [-0.2, -0.15) is 0 Å². The van der Waals surface area contributed by atoms with Crippen LogP contribution >= 0.6 is 0 Å². The highest BCUT2D eigenvalue weighted by molar-refractivity contribution is 5.28. The molecule has 0 aliphatic heterocycles. The van der Waals surface area contributed by atoms with Crippen LogP contribution in [0.5, 0.6) is 5.75 Å². The highest BCUT2D eigenvalue weighted by atomic mass is 16.5. The van der Waals surface area contributed by atoms with Crippen LogP contribution in [-0.4, -0.2) is 11.6 Å². The third-order valence-electron chi connectivity index (χ3n) is 3.46. The highest BCUT2D eigenvalue weighted by Gasteiger charge is 2.09. The van der Waals surface area contributed by atoms with Crippen molar-refractivity contribution < 1.29 is 4.74 Å². The van der Waals surface area contributed by atoms with Crippen molar-refractivity contribution in [1.29, 1.82) is 0 Å². The summed E-state index contributed by atoms with van der Waals surface area (Å²) in [5.41, 5.74) is 9.97. The zero-order valence-corrected chi connectivity index (χ0v) is 12.2. The number of aryl methyl sites for hydroxylation is 2. The predicted molar refractivity (Wildman–Crippen MR) is 81.8 cm³/mol. The average molecular weight is 270 g/mol. The molecule has 1 heterocycles. The molecule has 1 unspecified atom stereocenters. The monoisotopic (exact) mass is 270 g/mol. The van der Waals surface area contributed by atoms with Gasteiger partial charge in [0.15, 0.2) is 0 Å². The minimum atomic E-state index is -0.0116. The standard InChI is InChI=1S/C17H22N2O/c1-3-20-16-10-15(11-19-12-16)17(18)9-8-14-7-5-4-6-13(14)2/h4-7,10-12,17H,3,8-9,18H2,1-2H3. The molecule has 1 aromatic carbocycles. The van der Waals surface area contributed by atoms with Crippen molar-refractivity contribution in [2.24, 2.45) is 5.73 Å². The van der Waals surface area contributed by atoms with Gasteiger partial charge in [-0.1, -0.05) is 24.3 Å². The Bertz CT molecular complexity index is 554. The fraction of sp³-hybridized carbons (Fsp3) is 0.353. The molecule has 0 saturated carbocycles. The van der Waals surface area contributed by atoms with Crippen molar-refractivity contribution >= 4 is 0 Å². The quantitative estimate of drug-likeness (QED) is 0.875. The van der Waals surface area contributed by atoms with Crippen molar-refractivity contribution in [2.75, 3.05) is 6.61 Å². The minimum Gasteiger partial charge on any atom is -0.492 e. The zero-order valence-electron chi connectivity index (χ0n) is 12.2. The van der Waals surface area contributed by atoms with Crippen molar-refractivity contribution in [3.63, 3.8) is 0 Å². The van der Waals surface area contributed by atoms with E-state index in [2.05, 4.69) is 36.2 Å². The molecule has 2 aromatic rings. The average Bonchev–Trinajstić information content (AvgIpc) is 2.47. The van der Waals surface area contributed by atoms with E-state index in [0.717, 1.165) is 24.2 Å². The molecule has 3 heteroatoms. The summed E-state index contributed by atoms with van der Waals surface area (Å²) in [4.78, 5) is 4.19. The lowest BCUT2D eigenvalue weighted by atomic mass is 9.98. The molecular formula is C17H22N2O. The highest BCUT2D eigenvalue weighted by Crippen LogP contribution is 2.21. The number of pyridine rings is 1. The number of ether oxygens (including phenoxy) is 1. The predicted octanol–water partition coefficient (Wildman–Crippen LogP) is 3.42. The molecule has 2 rings (SSSR count). The van der Waals surface area contributed by atoms with Crippen molar-refractivity contribution in [3.05, 3.63) is 59.4 Å². The van der Waals surface area contributed by atoms with E-state index in [0.29, 0.717) is 6.61 Å². The van der Waals surface area contributed by atoms with Gasteiger partial charge in [-0.3, -0.25) is 4.98 Å². The van der Waals surface area contributed by atoms with Gasteiger partial charge in [0.2, 0.25) is 0 Å². The van der Waals surface area contributed by atoms with Gasteiger partial charge in [0, 0.05) is 12.2 Å². The summed E-state index contributed by atoms with van der Waals surface area (Å²) >= 11 is 0. The van der Waals surface area contributed by atoms with Gasteiger partial charge in [-0.25, -0.2) is 0 Å². The molecule has 106 valence electrons. The third kappa shape index (κ3) is 3.81. The van der Waals surface area contributed by atoms with Gasteiger partial charge in [0.25, 0.3) is 0 Å². The van der Waals surface area contributed by atoms with Crippen LogP contribution in [0.4, 0.5) is 0 Å². The van der Waals surface area contributed by atoms with Gasteiger partial charge in [-0.05, 0) is 49.4 Å². The first-order valence-corrected chi connectivity index (χ1v) is 7.08. The summed E-state index contributed by atoms with van der Waals surface area (Å²) in [6, 6.07) is 10.4. The van der Waals surface area contributed by atoms with Crippen LogP contribution in [0.2, 0.25) is 0 Å². The lowest BCUT2D eigenvalue weighted by molar-refractivity contribution is 0.338. The number of hydrogen-bond donors (Lipinski definition) is 1. The van der Waals surface area contributed by atoms with Crippen LogP contribution in [-0.2, 0) is 6.42 Å². The molecule has 2 N–H and O–H groups in total. The summed E-state index contributed by atoms with van der Waals surface area (Å²) < 4.78 is 5.46. The van der Waals surface area contributed by atoms with E-state index >= 15 is 0 Å². The number of nitrogens with zero attached hydrogens (tertiary/aromatic N) is 1. The van der Waals surface area contributed by atoms with E-state index < -0.39 is 0 Å². The number of benzene rings is 1. The van der Waals surface area contributed by atoms with E-state index in [1.807, 2.05) is 19.2 Å². The van der Waals surface area contributed by atoms with E-state index in [1.54, 1.807) is 6.20 Å². The van der Waals surface area contributed by atoms with Crippen molar-refractivity contribution in [1.82, 2.24) is 4.98 Å². The van der Waals surface area contributed by atoms with Crippen LogP contribution in [0.1, 0.15) is 36.1 Å². The van der Waals surface area contributed by atoms with Gasteiger partial charge >= 0.3 is 0 Å². The Hall–Kier alpha value is -1.87. The van der Waals surface area contributed by atoms with Crippen molar-refractivity contribution in [3.8, 4) is 5.75 Å². The molecular weight excluding hydrogens is 248 g/mol. The van der Waals surface area contributed by atoms with Gasteiger partial charge < -0.3 is 10.5 Å². The minimum absolute atomic E-state index is 0.0116. The van der Waals surface area contributed by atoms with Gasteiger partial charge in [-0.15, -0.1) is 0 Å². The van der Waals surface area contributed by atoms with Crippen LogP contribution < -0.4 is 10.5 Å². The normalized spacial score (nSPS) is 12.2. The molecule has 20 heavy (non-hydrogen) atoms. The van der Waals surface area contributed by atoms with E-state index in [1.165, 1.54) is 11.1 Å². The molecule has 0 aliphatic carbocycles. The van der Waals surface area contributed by atoms with Crippen molar-refractivity contribution in [2.45, 2.75) is 32.7 Å². The van der Waals surface area contributed by atoms with Crippen LogP contribution in [0, 0.1) is 6.92 Å². The molecule has 0 radical (unpaired) electrons. The molecule has 0 aliphatic rings. The Balaban J connectivity index is 1.99. The van der Waals surface area contributed by atoms with E-state index in [9.17, 15) is 0 Å². The summed E-state index contributed by atoms with van der Waals surface area (Å²) in [5, 5.41) is 0. The third-order valence-corrected chi connectivity index (χ3v) is 3.46. The Morgan fingerprint density at radius 2 is 2.05 bits per heavy atom. The first kappa shape index (κ1) is 14.5. The number of hydrogen-bond acceptors (Lipinski definition) is 3. The second-order valence-corrected chi connectivity index (χ2v) is 4.96. The summed E-state index contributed by atoms with van der Waals surface area (Å²) in [7, 11) is 0. The maximum Gasteiger partial charge on any atom is 0.137 e. The van der Waals surface area contributed by atoms with Crippen LogP contribution in [0.3, 0.4) is 0 Å². The molecule has 0 fully saturated rings. The topological polar surface area (TPSA) is 48.1 Å². The molecule has 1 atom stereocenters. The zero-order chi connectivity index (χ0) is 14.4. The molecule has 0 spiro atoms. The molecule has 0 saturated heterocycles. The molecule has 1 aromatic heterocycles. The lowest BCUT2D eigenvalue weighted by Crippen LogP contribution is -2.12. The van der Waals surface area contributed by atoms with Crippen LogP contribution in [0.15, 0.2) is 42.7 Å². The van der Waals surface area contributed by atoms with Gasteiger partial charge in [0.1, 0.15) is 5.75 Å². The second-order valence-electron chi connectivity index (χ2n) is 4.96. The first-order chi connectivity index (χ1) is 9.70. The van der Waals surface area contributed by atoms with Gasteiger partial charge in [0.05, 0.1) is 12.8 Å². The maximum absolute atomic E-state index is 6.26. The first-order valence-electron chi connectivity index (χ1n) is 7.08. The fourth-order valence-electron chi connectivity index (χ4n) is 2.25. The Labute approximate surface area is 120 Å². The fourth-order valence-corrected chi connectivity index (χ4v) is 2.25. The summed E-state index contributed by atoms with van der Waals surface area (Å²) in [6.07, 6.45) is 5.43. The second kappa shape index (κ2) is 7.06. The molecule has 3 nitrogen and oxygen atoms in total. The Morgan fingerprint density at radius 3 is 2.80 bits per heavy atom. The Morgan fingerprint density at radius 1 is 1.25 bits per heavy atom. The van der Waals surface area contributed by atoms with Crippen LogP contribution in [0.25, 0.3) is 0 Å². The SMILES string of the molecule is CCOc1cncc(C(N)CCc2ccccc2C)c1. The number of rotatable bonds is 6. The number of nitrogens with two attached hydrogens (primary N) is 1. The largest absolute Gasteiger partial charge is 0.492 e. The smallest absolute Gasteiger partial charge is 0.137 e. The molecule has 0 bridgehead atoms. The number of aromatic nitrogens is 1.